The number of aryl methyl sites for hydroxylation is 1. The molecule has 0 bridgehead atoms. The van der Waals surface area contributed by atoms with Gasteiger partial charge in [0.1, 0.15) is 0 Å². The normalized spacial score (nSPS) is 9.43. The van der Waals surface area contributed by atoms with Crippen LogP contribution in [0.4, 0.5) is 0 Å². The predicted octanol–water partition coefficient (Wildman–Crippen LogP) is 7.86. The van der Waals surface area contributed by atoms with E-state index in [2.05, 4.69) is 87.2 Å². The third-order valence-corrected chi connectivity index (χ3v) is 3.73. The summed E-state index contributed by atoms with van der Waals surface area (Å²) >= 11 is 0. The lowest BCUT2D eigenvalue weighted by molar-refractivity contribution is 1.09. The molecule has 1 atom stereocenters. The Morgan fingerprint density at radius 3 is 1.30 bits per heavy atom. The maximum Gasteiger partial charge on any atom is -0.0184 e. The van der Waals surface area contributed by atoms with Crippen LogP contribution < -0.4 is 0 Å². The largest absolute Gasteiger partial charge is 0.137 e. The minimum Gasteiger partial charge on any atom is -0.137 e. The third-order valence-electron chi connectivity index (χ3n) is 2.75. The maximum absolute atomic E-state index is 2.19. The van der Waals surface area contributed by atoms with Crippen molar-refractivity contribution in [3.8, 4) is 0 Å². The third kappa shape index (κ3) is 11.4. The van der Waals surface area contributed by atoms with Gasteiger partial charge in [0.25, 0.3) is 0 Å². The van der Waals surface area contributed by atoms with Crippen LogP contribution in [0.2, 0.25) is 0 Å². The van der Waals surface area contributed by atoms with E-state index in [0.717, 1.165) is 8.19 Å². The van der Waals surface area contributed by atoms with Crippen LogP contribution in [0.25, 0.3) is 10.8 Å². The summed E-state index contributed by atoms with van der Waals surface area (Å²) in [4.78, 5) is 0. The van der Waals surface area contributed by atoms with Crippen molar-refractivity contribution in [3.63, 3.8) is 0 Å². The smallest absolute Gasteiger partial charge is 0.0184 e. The minimum absolute atomic E-state index is 0.963. The number of rotatable bonds is 0. The van der Waals surface area contributed by atoms with Crippen molar-refractivity contribution in [3.05, 3.63) is 83.9 Å². The van der Waals surface area contributed by atoms with Crippen molar-refractivity contribution >= 4 is 19.0 Å². The SMILES string of the molecule is C/C=C\C.CCC.Cc1ccc[pH]1.c1ccc2ccccc2c1. The van der Waals surface area contributed by atoms with Crippen molar-refractivity contribution in [2.45, 2.75) is 41.0 Å². The van der Waals surface area contributed by atoms with Crippen molar-refractivity contribution in [1.29, 1.82) is 0 Å². The first-order valence-corrected chi connectivity index (χ1v) is 9.38. The van der Waals surface area contributed by atoms with Gasteiger partial charge in [-0.2, -0.15) is 0 Å². The van der Waals surface area contributed by atoms with Crippen LogP contribution in [-0.2, 0) is 0 Å². The molecule has 124 valence electrons. The van der Waals surface area contributed by atoms with Crippen LogP contribution in [-0.4, -0.2) is 0 Å². The summed E-state index contributed by atoms with van der Waals surface area (Å²) in [5.41, 5.74) is 0. The first-order chi connectivity index (χ1) is 11.2. The van der Waals surface area contributed by atoms with Gasteiger partial charge < -0.3 is 0 Å². The molecule has 0 radical (unpaired) electrons. The number of hydrogen-bond acceptors (Lipinski definition) is 0. The van der Waals surface area contributed by atoms with Gasteiger partial charge in [-0.3, -0.25) is 0 Å². The van der Waals surface area contributed by atoms with E-state index in [9.17, 15) is 0 Å². The highest BCUT2D eigenvalue weighted by atomic mass is 31.0. The molecule has 0 N–H and O–H groups in total. The molecule has 0 saturated heterocycles. The molecule has 0 spiro atoms. The zero-order valence-electron chi connectivity index (χ0n) is 15.2. The molecule has 0 amide bonds. The number of fused-ring (bicyclic) bond motifs is 1. The van der Waals surface area contributed by atoms with Crippen LogP contribution in [0.5, 0.6) is 0 Å². The molecule has 2 aromatic carbocycles. The van der Waals surface area contributed by atoms with E-state index in [-0.39, 0.29) is 0 Å². The van der Waals surface area contributed by atoms with Crippen molar-refractivity contribution in [2.24, 2.45) is 0 Å². The summed E-state index contributed by atoms with van der Waals surface area (Å²) in [6.45, 7) is 10.4. The van der Waals surface area contributed by atoms with E-state index in [1.54, 1.807) is 0 Å². The lowest BCUT2D eigenvalue weighted by atomic mass is 10.1. The predicted molar refractivity (Wildman–Crippen MR) is 111 cm³/mol. The van der Waals surface area contributed by atoms with Crippen LogP contribution in [0.15, 0.2) is 78.6 Å². The van der Waals surface area contributed by atoms with Gasteiger partial charge in [0.05, 0.1) is 0 Å². The molecule has 0 aliphatic carbocycles. The van der Waals surface area contributed by atoms with Gasteiger partial charge in [-0.25, -0.2) is 0 Å². The van der Waals surface area contributed by atoms with E-state index < -0.39 is 0 Å². The molecule has 1 heterocycles. The Morgan fingerprint density at radius 2 is 1.13 bits per heavy atom. The lowest BCUT2D eigenvalue weighted by Gasteiger charge is -1.92. The highest BCUT2D eigenvalue weighted by Crippen LogP contribution is 2.11. The first kappa shape index (κ1) is 21.2. The monoisotopic (exact) mass is 326 g/mol. The molecule has 23 heavy (non-hydrogen) atoms. The van der Waals surface area contributed by atoms with E-state index in [1.807, 2.05) is 26.0 Å². The van der Waals surface area contributed by atoms with E-state index in [1.165, 1.54) is 22.5 Å². The lowest BCUT2D eigenvalue weighted by Crippen LogP contribution is -1.67. The molecule has 0 nitrogen and oxygen atoms in total. The number of benzene rings is 2. The van der Waals surface area contributed by atoms with Gasteiger partial charge >= 0.3 is 0 Å². The second kappa shape index (κ2) is 15.1. The molecular formula is C22H31P. The highest BCUT2D eigenvalue weighted by molar-refractivity contribution is 7.30. The van der Waals surface area contributed by atoms with Gasteiger partial charge in [0, 0.05) is 0 Å². The average Bonchev–Trinajstić information content (AvgIpc) is 3.07. The molecule has 3 aromatic rings. The number of allylic oxidation sites excluding steroid dienone is 2. The first-order valence-electron chi connectivity index (χ1n) is 8.30. The summed E-state index contributed by atoms with van der Waals surface area (Å²) in [5.74, 6) is 2.19. The fourth-order valence-electron chi connectivity index (χ4n) is 1.55. The maximum atomic E-state index is 2.19. The molecule has 0 aliphatic rings. The second-order valence-electron chi connectivity index (χ2n) is 5.07. The molecule has 0 fully saturated rings. The Kier molecular flexibility index (Phi) is 14.0. The number of hydrogen-bond donors (Lipinski definition) is 0. The molecule has 1 aromatic heterocycles. The minimum atomic E-state index is 0.963. The summed E-state index contributed by atoms with van der Waals surface area (Å²) in [6, 6.07) is 21.0. The van der Waals surface area contributed by atoms with Crippen LogP contribution >= 0.6 is 8.19 Å². The van der Waals surface area contributed by atoms with E-state index in [0.29, 0.717) is 0 Å². The van der Waals surface area contributed by atoms with Crippen molar-refractivity contribution < 1.29 is 0 Å². The zero-order chi connectivity index (χ0) is 17.3. The summed E-state index contributed by atoms with van der Waals surface area (Å²) in [5, 5.41) is 4.12. The Balaban J connectivity index is 0.000000321. The van der Waals surface area contributed by atoms with Crippen molar-refractivity contribution in [1.82, 2.24) is 0 Å². The Labute approximate surface area is 144 Å². The fraction of sp³-hybridized carbons (Fsp3) is 0.273. The molecule has 1 heteroatoms. The standard InChI is InChI=1S/C10H8.C5H7P.C4H8.C3H8/c1-2-6-10-8-4-3-7-9(10)5-1;1-5-3-2-4-6-5;1-3-4-2;1-3-2/h1-8H;2-4,6H,1H3;3-4H,1-2H3;3H2,1-2H3/b;;4-3-;. The van der Waals surface area contributed by atoms with Crippen LogP contribution in [0.3, 0.4) is 0 Å². The summed E-state index contributed by atoms with van der Waals surface area (Å²) in [6.07, 6.45) is 5.25. The Hall–Kier alpha value is -1.78. The zero-order valence-corrected chi connectivity index (χ0v) is 16.2. The van der Waals surface area contributed by atoms with Crippen LogP contribution in [0, 0.1) is 6.92 Å². The average molecular weight is 326 g/mol. The fourth-order valence-corrected chi connectivity index (χ4v) is 2.20. The quantitative estimate of drug-likeness (QED) is 0.369. The van der Waals surface area contributed by atoms with Gasteiger partial charge in [-0.05, 0) is 42.6 Å². The molecule has 0 aliphatic heterocycles. The second-order valence-corrected chi connectivity index (χ2v) is 6.48. The van der Waals surface area contributed by atoms with E-state index >= 15 is 0 Å². The van der Waals surface area contributed by atoms with E-state index in [4.69, 9.17) is 0 Å². The molecule has 1 unspecified atom stereocenters. The Morgan fingerprint density at radius 1 is 0.739 bits per heavy atom. The molecular weight excluding hydrogens is 295 g/mol. The van der Waals surface area contributed by atoms with Crippen molar-refractivity contribution in [2.75, 3.05) is 0 Å². The van der Waals surface area contributed by atoms with Gasteiger partial charge in [-0.1, -0.05) is 93.1 Å². The van der Waals surface area contributed by atoms with Crippen LogP contribution in [0.1, 0.15) is 39.4 Å². The van der Waals surface area contributed by atoms with Gasteiger partial charge in [0.2, 0.25) is 0 Å². The van der Waals surface area contributed by atoms with Gasteiger partial charge in [0.15, 0.2) is 0 Å². The van der Waals surface area contributed by atoms with Gasteiger partial charge in [-0.15, -0.1) is 8.19 Å². The summed E-state index contributed by atoms with van der Waals surface area (Å²) < 4.78 is 0. The Bertz CT molecular complexity index is 552. The molecule has 0 saturated carbocycles. The topological polar surface area (TPSA) is 0 Å². The highest BCUT2D eigenvalue weighted by Gasteiger charge is 1.85. The molecule has 3 rings (SSSR count). The summed E-state index contributed by atoms with van der Waals surface area (Å²) in [7, 11) is 0.963.